The van der Waals surface area contributed by atoms with Gasteiger partial charge in [-0.1, -0.05) is 60.2 Å². The van der Waals surface area contributed by atoms with Gasteiger partial charge in [-0.2, -0.15) is 0 Å². The third-order valence-electron chi connectivity index (χ3n) is 3.79. The highest BCUT2D eigenvalue weighted by atomic mass is 16.2. The molecule has 1 N–H and O–H groups in total. The molecule has 2 aromatic rings. The summed E-state index contributed by atoms with van der Waals surface area (Å²) < 4.78 is 0. The zero-order valence-electron chi connectivity index (χ0n) is 11.0. The van der Waals surface area contributed by atoms with E-state index in [4.69, 9.17) is 0 Å². The van der Waals surface area contributed by atoms with E-state index in [0.29, 0.717) is 6.42 Å². The molecule has 0 bridgehead atoms. The Balaban J connectivity index is 1.95. The summed E-state index contributed by atoms with van der Waals surface area (Å²) in [4.78, 5) is 11.8. The average Bonchev–Trinajstić information content (AvgIpc) is 2.83. The lowest BCUT2D eigenvalue weighted by Crippen LogP contribution is -2.20. The molecular weight excluding hydrogens is 234 g/mol. The lowest BCUT2D eigenvalue weighted by atomic mass is 9.87. The molecular formula is C17H17NO. The zero-order chi connectivity index (χ0) is 13.2. The van der Waals surface area contributed by atoms with Crippen molar-refractivity contribution in [1.82, 2.24) is 5.32 Å². The van der Waals surface area contributed by atoms with Gasteiger partial charge in [0.25, 0.3) is 0 Å². The number of carbonyl (C=O) groups is 1. The van der Waals surface area contributed by atoms with Crippen LogP contribution in [-0.2, 0) is 4.79 Å². The highest BCUT2D eigenvalue weighted by Gasteiger charge is 2.34. The van der Waals surface area contributed by atoms with Gasteiger partial charge < -0.3 is 5.32 Å². The SMILES string of the molecule is Cc1ccc(C2CC(=O)NC2c2ccccc2)cc1. The van der Waals surface area contributed by atoms with Crippen LogP contribution < -0.4 is 5.32 Å². The maximum atomic E-state index is 11.8. The van der Waals surface area contributed by atoms with E-state index < -0.39 is 0 Å². The molecule has 2 unspecified atom stereocenters. The largest absolute Gasteiger partial charge is 0.349 e. The van der Waals surface area contributed by atoms with E-state index in [1.165, 1.54) is 16.7 Å². The van der Waals surface area contributed by atoms with Crippen LogP contribution in [-0.4, -0.2) is 5.91 Å². The van der Waals surface area contributed by atoms with Crippen molar-refractivity contribution in [2.45, 2.75) is 25.3 Å². The Morgan fingerprint density at radius 1 is 0.947 bits per heavy atom. The van der Waals surface area contributed by atoms with Crippen LogP contribution in [0.5, 0.6) is 0 Å². The molecule has 0 saturated carbocycles. The van der Waals surface area contributed by atoms with E-state index in [1.807, 2.05) is 18.2 Å². The van der Waals surface area contributed by atoms with Gasteiger partial charge in [-0.3, -0.25) is 4.79 Å². The monoisotopic (exact) mass is 251 g/mol. The second-order valence-electron chi connectivity index (χ2n) is 5.18. The molecule has 2 atom stereocenters. The van der Waals surface area contributed by atoms with E-state index in [0.717, 1.165) is 0 Å². The van der Waals surface area contributed by atoms with Gasteiger partial charge in [0.1, 0.15) is 0 Å². The van der Waals surface area contributed by atoms with Crippen LogP contribution in [0.2, 0.25) is 0 Å². The number of aryl methyl sites for hydroxylation is 1. The topological polar surface area (TPSA) is 29.1 Å². The van der Waals surface area contributed by atoms with E-state index in [2.05, 4.69) is 48.6 Å². The van der Waals surface area contributed by atoms with Crippen molar-refractivity contribution in [1.29, 1.82) is 0 Å². The molecule has 0 radical (unpaired) electrons. The van der Waals surface area contributed by atoms with Gasteiger partial charge in [0.15, 0.2) is 0 Å². The Kier molecular flexibility index (Phi) is 3.08. The number of amides is 1. The number of nitrogens with one attached hydrogen (secondary N) is 1. The summed E-state index contributed by atoms with van der Waals surface area (Å²) >= 11 is 0. The Morgan fingerprint density at radius 2 is 1.63 bits per heavy atom. The summed E-state index contributed by atoms with van der Waals surface area (Å²) in [6.07, 6.45) is 0.572. The minimum Gasteiger partial charge on any atom is -0.349 e. The second-order valence-corrected chi connectivity index (χ2v) is 5.18. The maximum absolute atomic E-state index is 11.8. The predicted octanol–water partition coefficient (Wildman–Crippen LogP) is 3.34. The minimum atomic E-state index is 0.0939. The summed E-state index contributed by atoms with van der Waals surface area (Å²) in [6, 6.07) is 18.8. The number of hydrogen-bond acceptors (Lipinski definition) is 1. The Hall–Kier alpha value is -2.09. The molecule has 19 heavy (non-hydrogen) atoms. The first-order valence-electron chi connectivity index (χ1n) is 6.65. The minimum absolute atomic E-state index is 0.0939. The smallest absolute Gasteiger partial charge is 0.221 e. The molecule has 1 saturated heterocycles. The quantitative estimate of drug-likeness (QED) is 0.871. The van der Waals surface area contributed by atoms with Crippen LogP contribution in [0, 0.1) is 6.92 Å². The van der Waals surface area contributed by atoms with Crippen molar-refractivity contribution in [3.8, 4) is 0 Å². The maximum Gasteiger partial charge on any atom is 0.221 e. The first-order chi connectivity index (χ1) is 9.24. The van der Waals surface area contributed by atoms with E-state index in [9.17, 15) is 4.79 Å². The number of carbonyl (C=O) groups excluding carboxylic acids is 1. The summed E-state index contributed by atoms with van der Waals surface area (Å²) in [6.45, 7) is 2.08. The Bertz CT molecular complexity index is 574. The molecule has 1 heterocycles. The van der Waals surface area contributed by atoms with Crippen LogP contribution in [0.4, 0.5) is 0 Å². The molecule has 2 nitrogen and oxygen atoms in total. The molecule has 96 valence electrons. The molecule has 1 amide bonds. The molecule has 2 heteroatoms. The van der Waals surface area contributed by atoms with Gasteiger partial charge in [0.2, 0.25) is 5.91 Å². The molecule has 0 aliphatic carbocycles. The summed E-state index contributed by atoms with van der Waals surface area (Å²) in [5.41, 5.74) is 3.66. The van der Waals surface area contributed by atoms with Gasteiger partial charge in [-0.05, 0) is 18.1 Å². The fourth-order valence-electron chi connectivity index (χ4n) is 2.75. The van der Waals surface area contributed by atoms with Crippen LogP contribution in [0.3, 0.4) is 0 Å². The molecule has 1 fully saturated rings. The molecule has 0 spiro atoms. The van der Waals surface area contributed by atoms with Crippen molar-refractivity contribution in [3.05, 3.63) is 71.3 Å². The third-order valence-corrected chi connectivity index (χ3v) is 3.79. The molecule has 1 aliphatic heterocycles. The number of rotatable bonds is 2. The van der Waals surface area contributed by atoms with Crippen molar-refractivity contribution in [2.24, 2.45) is 0 Å². The van der Waals surface area contributed by atoms with Crippen LogP contribution in [0.1, 0.15) is 35.1 Å². The third kappa shape index (κ3) is 2.39. The molecule has 2 aromatic carbocycles. The number of benzene rings is 2. The van der Waals surface area contributed by atoms with Gasteiger partial charge in [0, 0.05) is 12.3 Å². The van der Waals surface area contributed by atoms with Gasteiger partial charge in [0.05, 0.1) is 6.04 Å². The fraction of sp³-hybridized carbons (Fsp3) is 0.235. The van der Waals surface area contributed by atoms with Crippen molar-refractivity contribution in [3.63, 3.8) is 0 Å². The first-order valence-corrected chi connectivity index (χ1v) is 6.65. The predicted molar refractivity (Wildman–Crippen MR) is 75.9 cm³/mol. The second kappa shape index (κ2) is 4.88. The normalized spacial score (nSPS) is 22.3. The van der Waals surface area contributed by atoms with Crippen molar-refractivity contribution >= 4 is 5.91 Å². The summed E-state index contributed by atoms with van der Waals surface area (Å²) in [5.74, 6) is 0.370. The number of hydrogen-bond donors (Lipinski definition) is 1. The van der Waals surface area contributed by atoms with Crippen LogP contribution in [0.25, 0.3) is 0 Å². The Labute approximate surface area is 113 Å². The summed E-state index contributed by atoms with van der Waals surface area (Å²) in [7, 11) is 0. The fourth-order valence-corrected chi connectivity index (χ4v) is 2.75. The zero-order valence-corrected chi connectivity index (χ0v) is 11.0. The Morgan fingerprint density at radius 3 is 2.32 bits per heavy atom. The van der Waals surface area contributed by atoms with Gasteiger partial charge >= 0.3 is 0 Å². The first kappa shape index (κ1) is 12.0. The van der Waals surface area contributed by atoms with E-state index >= 15 is 0 Å². The molecule has 3 rings (SSSR count). The standard InChI is InChI=1S/C17H17NO/c1-12-7-9-13(10-8-12)15-11-16(19)18-17(15)14-5-3-2-4-6-14/h2-10,15,17H,11H2,1H3,(H,18,19). The lowest BCUT2D eigenvalue weighted by molar-refractivity contribution is -0.119. The van der Waals surface area contributed by atoms with E-state index in [-0.39, 0.29) is 17.9 Å². The van der Waals surface area contributed by atoms with Crippen molar-refractivity contribution < 1.29 is 4.79 Å². The summed E-state index contributed by atoms with van der Waals surface area (Å²) in [5, 5.41) is 3.09. The lowest BCUT2D eigenvalue weighted by Gasteiger charge is -2.19. The molecule has 0 aromatic heterocycles. The van der Waals surface area contributed by atoms with E-state index in [1.54, 1.807) is 0 Å². The highest BCUT2D eigenvalue weighted by Crippen LogP contribution is 2.38. The van der Waals surface area contributed by atoms with Crippen LogP contribution >= 0.6 is 0 Å². The van der Waals surface area contributed by atoms with Crippen molar-refractivity contribution in [2.75, 3.05) is 0 Å². The average molecular weight is 251 g/mol. The van der Waals surface area contributed by atoms with Gasteiger partial charge in [-0.25, -0.2) is 0 Å². The van der Waals surface area contributed by atoms with Crippen LogP contribution in [0.15, 0.2) is 54.6 Å². The highest BCUT2D eigenvalue weighted by molar-refractivity contribution is 5.80. The van der Waals surface area contributed by atoms with Gasteiger partial charge in [-0.15, -0.1) is 0 Å². The molecule has 1 aliphatic rings.